The minimum Gasteiger partial charge on any atom is -0.778 e. The van der Waals surface area contributed by atoms with Crippen LogP contribution in [0.15, 0.2) is 40.0 Å². The minimum absolute atomic E-state index is 0.0424. The number of aromatic nitrogens is 3. The molecule has 1 fully saturated rings. The van der Waals surface area contributed by atoms with Gasteiger partial charge in [0, 0.05) is 36.6 Å². The first-order valence-electron chi connectivity index (χ1n) is 17.7. The van der Waals surface area contributed by atoms with E-state index in [0.717, 1.165) is 36.6 Å². The number of carbonyl (C=O) groups is 5. The van der Waals surface area contributed by atoms with Crippen LogP contribution in [0.4, 0.5) is 18.9 Å². The molecule has 350 valence electrons. The van der Waals surface area contributed by atoms with Crippen LogP contribution in [-0.2, 0) is 55.6 Å². The molecule has 0 bridgehead atoms. The van der Waals surface area contributed by atoms with Gasteiger partial charge < -0.3 is 24.2 Å². The van der Waals surface area contributed by atoms with Crippen LogP contribution in [-0.4, -0.2) is 117 Å². The number of carbonyl (C=O) groups excluding carboxylic acids is 4. The maximum absolute atomic E-state index is 14.2. The van der Waals surface area contributed by atoms with E-state index >= 15 is 0 Å². The van der Waals surface area contributed by atoms with Gasteiger partial charge >= 0.3 is 24.2 Å². The molecule has 3 N–H and O–H groups in total. The lowest BCUT2D eigenvalue weighted by Crippen LogP contribution is -2.35. The molecule has 1 aliphatic carbocycles. The van der Waals surface area contributed by atoms with Gasteiger partial charge in [-0.05, 0) is 61.0 Å². The van der Waals surface area contributed by atoms with Crippen LogP contribution < -0.4 is 15.9 Å². The van der Waals surface area contributed by atoms with Crippen molar-refractivity contribution in [3.8, 4) is 5.69 Å². The molecule has 0 radical (unpaired) electrons. The average molecular weight is 997 g/mol. The molecule has 1 heterocycles. The van der Waals surface area contributed by atoms with E-state index in [9.17, 15) is 69.9 Å². The van der Waals surface area contributed by atoms with Gasteiger partial charge in [0.1, 0.15) is 30.4 Å². The van der Waals surface area contributed by atoms with Crippen molar-refractivity contribution in [1.82, 2.24) is 19.7 Å². The van der Waals surface area contributed by atoms with Crippen molar-refractivity contribution in [1.29, 1.82) is 0 Å². The number of nitro groups is 1. The summed E-state index contributed by atoms with van der Waals surface area (Å²) in [5.41, 5.74) is -2.53. The maximum Gasteiger partial charge on any atom is 0.355 e. The lowest BCUT2D eigenvalue weighted by atomic mass is 9.81. The van der Waals surface area contributed by atoms with Gasteiger partial charge in [-0.1, -0.05) is 11.6 Å². The van der Waals surface area contributed by atoms with Crippen molar-refractivity contribution in [3.63, 3.8) is 0 Å². The van der Waals surface area contributed by atoms with Gasteiger partial charge in [-0.25, -0.2) is 22.2 Å². The van der Waals surface area contributed by atoms with Crippen LogP contribution in [0.2, 0.25) is 5.02 Å². The molecule has 1 aromatic heterocycles. The number of ketones is 3. The topological polar surface area (TPSA) is 304 Å². The highest BCUT2D eigenvalue weighted by atomic mass is 35.5. The number of sulfone groups is 1. The number of benzene rings is 2. The number of carboxylic acid groups (broad SMARTS) is 1. The highest BCUT2D eigenvalue weighted by Gasteiger charge is 2.39. The Labute approximate surface area is 370 Å². The quantitative estimate of drug-likeness (QED) is 0.0306. The predicted octanol–water partition coefficient (Wildman–Crippen LogP) is 3.02. The second-order valence-corrected chi connectivity index (χ2v) is 20.3. The number of esters is 1. The third-order valence-corrected chi connectivity index (χ3v) is 10.1. The number of nitrogens with one attached hydrogen (secondary N) is 1. The minimum atomic E-state index is -4.35. The Balaban J connectivity index is 0.000000488. The Bertz CT molecular complexity index is 2380. The largest absolute Gasteiger partial charge is 0.778 e. The first-order chi connectivity index (χ1) is 28.9. The second-order valence-electron chi connectivity index (χ2n) is 13.3. The van der Waals surface area contributed by atoms with Crippen LogP contribution in [0.1, 0.15) is 54.5 Å². The van der Waals surface area contributed by atoms with Gasteiger partial charge in [-0.2, -0.15) is 13.5 Å². The van der Waals surface area contributed by atoms with Crippen LogP contribution in [0, 0.1) is 28.8 Å². The fourth-order valence-corrected chi connectivity index (χ4v) is 6.52. The Hall–Kier alpha value is -4.49. The summed E-state index contributed by atoms with van der Waals surface area (Å²) in [4.78, 5) is 97.4. The van der Waals surface area contributed by atoms with E-state index in [0.29, 0.717) is 22.0 Å². The Morgan fingerprint density at radius 1 is 1.13 bits per heavy atom. The van der Waals surface area contributed by atoms with Crippen molar-refractivity contribution >= 4 is 86.5 Å². The lowest BCUT2D eigenvalue weighted by molar-refractivity contribution is -0.385. The van der Waals surface area contributed by atoms with Crippen LogP contribution in [0.5, 0.6) is 0 Å². The molecule has 3 aromatic rings. The number of nitro benzene ring substituents is 1. The molecular formula is C35H43Cl2F3N5O15PS2. The van der Waals surface area contributed by atoms with E-state index < -0.39 is 105 Å². The first-order valence-corrected chi connectivity index (χ1v) is 24.6. The van der Waals surface area contributed by atoms with E-state index in [1.165, 1.54) is 6.92 Å². The molecule has 1 aliphatic rings. The average Bonchev–Trinajstić information content (AvgIpc) is 3.44. The highest BCUT2D eigenvalue weighted by Crippen LogP contribution is 2.30. The molecule has 0 aliphatic heterocycles. The molecule has 2 aromatic carbocycles. The third-order valence-electron chi connectivity index (χ3n) is 7.66. The number of hydrogen-bond acceptors (Lipinski definition) is 15. The predicted molar refractivity (Wildman–Crippen MR) is 222 cm³/mol. The number of aliphatic carboxylic acids is 1. The number of alkyl halides is 3. The second kappa shape index (κ2) is 25.1. The maximum atomic E-state index is 14.2. The lowest BCUT2D eigenvalue weighted by Gasteiger charge is -2.18. The SMILES string of the molecule is CCOC(=O)C(Cl)Cc1cc(-n2nc(C)n(C(F)F)c2=O)c(F)cc1Cl.CS(=O)(=O)c1ccc(C(=O)C2C(=O)CCCC2=O)c([N+](=O)[O-])c1.C[S+](C)C.O=C(O)CNCP(=O)([O-])O. The monoisotopic (exact) mass is 995 g/mol. The summed E-state index contributed by atoms with van der Waals surface area (Å²) in [7, 11) is -7.40. The van der Waals surface area contributed by atoms with Gasteiger partial charge in [0.05, 0.1) is 53.6 Å². The highest BCUT2D eigenvalue weighted by molar-refractivity contribution is 7.94. The van der Waals surface area contributed by atoms with Gasteiger partial charge in [0.2, 0.25) is 0 Å². The molecule has 1 saturated carbocycles. The van der Waals surface area contributed by atoms with Crippen LogP contribution in [0.3, 0.4) is 0 Å². The molecule has 4 rings (SSSR count). The van der Waals surface area contributed by atoms with E-state index in [2.05, 4.69) is 23.9 Å². The Morgan fingerprint density at radius 3 is 2.13 bits per heavy atom. The number of hydrogen-bond donors (Lipinski definition) is 3. The van der Waals surface area contributed by atoms with Gasteiger partial charge in [0.25, 0.3) is 5.69 Å². The number of ether oxygens (including phenoxy) is 1. The standard InChI is InChI=1S/C15H14Cl2F3N3O3.C14H13NO7S.C3H8NO5P.C3H9S/c1-3-26-13(24)10(17)4-8-5-12(11(18)6-9(8)16)23-15(25)22(14(19)20)7(2)21-23;1-23(21,22)8-5-6-9(10(7-8)15(19)20)14(18)13-11(16)3-2-4-12(13)17;5-3(6)1-4-2-10(7,8)9;1-4(2)3/h5-6,10,14H,3-4H2,1-2H3;5-7,13H,2-4H2,1H3;4H,1-2H2,(H,5,6)(H2,7,8,9);1-3H3/q;;;+1/p-1. The van der Waals surface area contributed by atoms with Crippen molar-refractivity contribution in [2.24, 2.45) is 5.92 Å². The normalized spacial score (nSPS) is 14.3. The molecule has 63 heavy (non-hydrogen) atoms. The molecule has 0 amide bonds. The molecule has 2 unspecified atom stereocenters. The number of carboxylic acids is 1. The molecule has 20 nitrogen and oxygen atoms in total. The van der Waals surface area contributed by atoms with E-state index in [4.69, 9.17) is 37.9 Å². The summed E-state index contributed by atoms with van der Waals surface area (Å²) in [6.07, 6.45) is 7.13. The van der Waals surface area contributed by atoms with Crippen molar-refractivity contribution < 1.29 is 74.7 Å². The van der Waals surface area contributed by atoms with Crippen LogP contribution >= 0.6 is 30.8 Å². The number of rotatable bonds is 14. The van der Waals surface area contributed by atoms with Crippen LogP contribution in [0.25, 0.3) is 5.69 Å². The summed E-state index contributed by atoms with van der Waals surface area (Å²) < 4.78 is 78.4. The Kier molecular flexibility index (Phi) is 22.5. The summed E-state index contributed by atoms with van der Waals surface area (Å²) >= 11 is 11.9. The molecular weight excluding hydrogens is 953 g/mol. The molecule has 0 spiro atoms. The van der Waals surface area contributed by atoms with Gasteiger partial charge in [0.15, 0.2) is 33.0 Å². The van der Waals surface area contributed by atoms with Crippen molar-refractivity contribution in [2.75, 3.05) is 44.5 Å². The number of halogens is 5. The van der Waals surface area contributed by atoms with Gasteiger partial charge in [-0.15, -0.1) is 16.7 Å². The van der Waals surface area contributed by atoms with Gasteiger partial charge in [-0.3, -0.25) is 39.4 Å². The fourth-order valence-electron chi connectivity index (χ4n) is 5.03. The summed E-state index contributed by atoms with van der Waals surface area (Å²) in [6, 6.07) is 4.82. The summed E-state index contributed by atoms with van der Waals surface area (Å²) in [5, 5.41) is 23.6. The zero-order valence-electron chi connectivity index (χ0n) is 34.2. The molecule has 2 atom stereocenters. The van der Waals surface area contributed by atoms with E-state index in [-0.39, 0.29) is 57.4 Å². The third kappa shape index (κ3) is 18.3. The zero-order valence-corrected chi connectivity index (χ0v) is 38.3. The van der Waals surface area contributed by atoms with Crippen molar-refractivity contribution in [2.45, 2.75) is 56.4 Å². The molecule has 0 saturated heterocycles. The number of Topliss-reactive ketones (excluding diaryl/α,β-unsaturated/α-hetero) is 3. The smallest absolute Gasteiger partial charge is 0.355 e. The molecule has 28 heteroatoms. The number of aryl methyl sites for hydroxylation is 1. The zero-order chi connectivity index (χ0) is 48.7. The summed E-state index contributed by atoms with van der Waals surface area (Å²) in [5.74, 6) is -6.71. The first kappa shape index (κ1) is 56.5. The fraction of sp³-hybridized carbons (Fsp3) is 0.457. The van der Waals surface area contributed by atoms with E-state index in [1.807, 2.05) is 5.32 Å². The number of nitrogens with zero attached hydrogens (tertiary/aromatic N) is 4. The Morgan fingerprint density at radius 2 is 1.68 bits per heavy atom. The van der Waals surface area contributed by atoms with Crippen molar-refractivity contribution in [3.05, 3.63) is 78.7 Å². The summed E-state index contributed by atoms with van der Waals surface area (Å²) in [6.45, 7) is -0.675. The van der Waals surface area contributed by atoms with E-state index in [1.54, 1.807) is 6.92 Å².